The zero-order valence-corrected chi connectivity index (χ0v) is 14.5. The molecule has 130 valence electrons. The molecule has 0 aliphatic rings. The third-order valence-electron chi connectivity index (χ3n) is 3.44. The second-order valence-electron chi connectivity index (χ2n) is 5.43. The summed E-state index contributed by atoms with van der Waals surface area (Å²) in [7, 11) is -4.00. The van der Waals surface area contributed by atoms with Gasteiger partial charge in [0.15, 0.2) is 0 Å². The van der Waals surface area contributed by atoms with Gasteiger partial charge in [-0.1, -0.05) is 35.4 Å². The van der Waals surface area contributed by atoms with Gasteiger partial charge >= 0.3 is 5.97 Å². The van der Waals surface area contributed by atoms with E-state index in [0.717, 1.165) is 21.6 Å². The number of aliphatic carboxylic acids is 1. The number of ketones is 1. The van der Waals surface area contributed by atoms with Crippen LogP contribution in [-0.4, -0.2) is 25.3 Å². The molecule has 6 nitrogen and oxygen atoms in total. The number of hydrogen-bond donors (Lipinski definition) is 1. The first-order valence-electron chi connectivity index (χ1n) is 7.35. The summed E-state index contributed by atoms with van der Waals surface area (Å²) in [4.78, 5) is 22.0. The number of hydrogen-bond acceptors (Lipinski definition) is 4. The number of nitrogens with zero attached hydrogens (tertiary/aromatic N) is 1. The molecule has 2 rings (SSSR count). The molecule has 2 aromatic rings. The van der Waals surface area contributed by atoms with Crippen LogP contribution in [-0.2, 0) is 19.6 Å². The van der Waals surface area contributed by atoms with Crippen LogP contribution in [0.1, 0.15) is 11.1 Å². The molecule has 0 fully saturated rings. The lowest BCUT2D eigenvalue weighted by atomic mass is 10.2. The zero-order valence-electron chi connectivity index (χ0n) is 13.7. The van der Waals surface area contributed by atoms with Gasteiger partial charge in [-0.05, 0) is 38.1 Å². The summed E-state index contributed by atoms with van der Waals surface area (Å²) in [6.07, 6.45) is 1.67. The average molecular weight is 359 g/mol. The molecule has 0 amide bonds. The minimum Gasteiger partial charge on any atom is -0.475 e. The highest BCUT2D eigenvalue weighted by atomic mass is 32.2. The molecule has 25 heavy (non-hydrogen) atoms. The lowest BCUT2D eigenvalue weighted by Gasteiger charge is -2.21. The Morgan fingerprint density at radius 2 is 1.40 bits per heavy atom. The highest BCUT2D eigenvalue weighted by Crippen LogP contribution is 2.25. The number of carboxylic acid groups (broad SMARTS) is 1. The Morgan fingerprint density at radius 1 is 0.920 bits per heavy atom. The molecule has 0 aromatic heterocycles. The van der Waals surface area contributed by atoms with Gasteiger partial charge in [0.2, 0.25) is 0 Å². The van der Waals surface area contributed by atoms with Crippen LogP contribution >= 0.6 is 0 Å². The Bertz CT molecular complexity index is 913. The largest absolute Gasteiger partial charge is 0.475 e. The van der Waals surface area contributed by atoms with Crippen LogP contribution in [0.4, 0.5) is 5.69 Å². The maximum atomic E-state index is 12.9. The van der Waals surface area contributed by atoms with E-state index in [1.54, 1.807) is 36.4 Å². The summed E-state index contributed by atoms with van der Waals surface area (Å²) in [6.45, 7) is 3.69. The first-order chi connectivity index (χ1) is 11.7. The van der Waals surface area contributed by atoms with Gasteiger partial charge in [0.1, 0.15) is 0 Å². The van der Waals surface area contributed by atoms with Gasteiger partial charge in [0.05, 0.1) is 10.6 Å². The average Bonchev–Trinajstić information content (AvgIpc) is 2.56. The van der Waals surface area contributed by atoms with Crippen LogP contribution in [0.25, 0.3) is 0 Å². The van der Waals surface area contributed by atoms with Crippen LogP contribution in [0.5, 0.6) is 0 Å². The van der Waals surface area contributed by atoms with Crippen molar-refractivity contribution in [2.45, 2.75) is 18.7 Å². The molecule has 0 bridgehead atoms. The highest BCUT2D eigenvalue weighted by Gasteiger charge is 2.23. The third-order valence-corrected chi connectivity index (χ3v) is 5.16. The summed E-state index contributed by atoms with van der Waals surface area (Å²) in [5, 5.41) is 8.68. The van der Waals surface area contributed by atoms with Crippen molar-refractivity contribution in [3.05, 3.63) is 71.9 Å². The number of carbonyl (C=O) groups is 2. The predicted molar refractivity (Wildman–Crippen MR) is 93.8 cm³/mol. The molecule has 0 radical (unpaired) electrons. The van der Waals surface area contributed by atoms with E-state index in [1.165, 1.54) is 12.1 Å². The summed E-state index contributed by atoms with van der Waals surface area (Å²) in [6, 6.07) is 12.8. The summed E-state index contributed by atoms with van der Waals surface area (Å²) in [5.41, 5.74) is 2.13. The summed E-state index contributed by atoms with van der Waals surface area (Å²) >= 11 is 0. The van der Waals surface area contributed by atoms with Crippen LogP contribution in [0.15, 0.2) is 65.7 Å². The minimum atomic E-state index is -4.00. The van der Waals surface area contributed by atoms with E-state index in [4.69, 9.17) is 5.11 Å². The van der Waals surface area contributed by atoms with Crippen LogP contribution in [0.3, 0.4) is 0 Å². The van der Waals surface area contributed by atoms with Gasteiger partial charge in [-0.25, -0.2) is 17.5 Å². The van der Waals surface area contributed by atoms with Gasteiger partial charge < -0.3 is 5.11 Å². The fourth-order valence-corrected chi connectivity index (χ4v) is 3.35. The van der Waals surface area contributed by atoms with Gasteiger partial charge in [-0.3, -0.25) is 4.79 Å². The van der Waals surface area contributed by atoms with Crippen molar-refractivity contribution in [1.29, 1.82) is 0 Å². The Labute approximate surface area is 146 Å². The minimum absolute atomic E-state index is 0.0334. The molecule has 1 N–H and O–H groups in total. The van der Waals surface area contributed by atoms with Crippen LogP contribution < -0.4 is 4.31 Å². The topological polar surface area (TPSA) is 91.8 Å². The third kappa shape index (κ3) is 4.33. The SMILES string of the molecule is Cc1ccc(N(/C=C/C(=O)C(=O)O)S(=O)(=O)c2ccc(C)cc2)cc1. The number of rotatable bonds is 6. The van der Waals surface area contributed by atoms with Crippen molar-refractivity contribution in [2.24, 2.45) is 0 Å². The van der Waals surface area contributed by atoms with Crippen molar-refractivity contribution < 1.29 is 23.1 Å². The molecule has 0 saturated carbocycles. The molecule has 7 heteroatoms. The zero-order chi connectivity index (χ0) is 18.6. The molecule has 0 aliphatic heterocycles. The number of anilines is 1. The van der Waals surface area contributed by atoms with Crippen LogP contribution in [0, 0.1) is 13.8 Å². The molecule has 0 unspecified atom stereocenters. The van der Waals surface area contributed by atoms with Gasteiger partial charge in [0, 0.05) is 12.3 Å². The van der Waals surface area contributed by atoms with Crippen molar-refractivity contribution >= 4 is 27.5 Å². The maximum Gasteiger partial charge on any atom is 0.376 e. The molecular formula is C18H17NO5S. The first kappa shape index (κ1) is 18.4. The number of benzene rings is 2. The van der Waals surface area contributed by atoms with Gasteiger partial charge in [0.25, 0.3) is 15.8 Å². The Hall–Kier alpha value is -2.93. The van der Waals surface area contributed by atoms with E-state index in [1.807, 2.05) is 13.8 Å². The van der Waals surface area contributed by atoms with Gasteiger partial charge in [-0.15, -0.1) is 0 Å². The van der Waals surface area contributed by atoms with E-state index in [9.17, 15) is 18.0 Å². The molecular weight excluding hydrogens is 342 g/mol. The molecule has 0 spiro atoms. The van der Waals surface area contributed by atoms with E-state index >= 15 is 0 Å². The fourth-order valence-electron chi connectivity index (χ4n) is 2.03. The maximum absolute atomic E-state index is 12.9. The molecule has 0 heterocycles. The number of carboxylic acids is 1. The lowest BCUT2D eigenvalue weighted by molar-refractivity contribution is -0.146. The van der Waals surface area contributed by atoms with E-state index < -0.39 is 21.8 Å². The monoisotopic (exact) mass is 359 g/mol. The summed E-state index contributed by atoms with van der Waals surface area (Å²) < 4.78 is 26.7. The summed E-state index contributed by atoms with van der Waals surface area (Å²) in [5.74, 6) is -2.87. The van der Waals surface area contributed by atoms with Crippen molar-refractivity contribution in [1.82, 2.24) is 0 Å². The van der Waals surface area contributed by atoms with E-state index in [-0.39, 0.29) is 4.90 Å². The highest BCUT2D eigenvalue weighted by molar-refractivity contribution is 7.93. The normalized spacial score (nSPS) is 11.4. The quantitative estimate of drug-likeness (QED) is 0.632. The molecule has 0 saturated heterocycles. The number of carbonyl (C=O) groups excluding carboxylic acids is 1. The lowest BCUT2D eigenvalue weighted by Crippen LogP contribution is -2.26. The smallest absolute Gasteiger partial charge is 0.376 e. The van der Waals surface area contributed by atoms with Crippen molar-refractivity contribution in [3.8, 4) is 0 Å². The predicted octanol–water partition coefficient (Wildman–Crippen LogP) is 2.67. The van der Waals surface area contributed by atoms with E-state index in [2.05, 4.69) is 0 Å². The molecule has 0 atom stereocenters. The number of aryl methyl sites for hydroxylation is 2. The first-order valence-corrected chi connectivity index (χ1v) is 8.79. The second kappa shape index (κ2) is 7.31. The Morgan fingerprint density at radius 3 is 1.88 bits per heavy atom. The Balaban J connectivity index is 2.53. The fraction of sp³-hybridized carbons (Fsp3) is 0.111. The van der Waals surface area contributed by atoms with Gasteiger partial charge in [-0.2, -0.15) is 0 Å². The Kier molecular flexibility index (Phi) is 5.38. The standard InChI is InChI=1S/C18H17NO5S/c1-13-3-7-15(8-4-13)19(12-11-17(20)18(21)22)25(23,24)16-9-5-14(2)6-10-16/h3-12H,1-2H3,(H,21,22)/b12-11+. The second-order valence-corrected chi connectivity index (χ2v) is 7.25. The van der Waals surface area contributed by atoms with Crippen LogP contribution in [0.2, 0.25) is 0 Å². The molecule has 2 aromatic carbocycles. The number of sulfonamides is 1. The van der Waals surface area contributed by atoms with Crippen molar-refractivity contribution in [3.63, 3.8) is 0 Å². The molecule has 0 aliphatic carbocycles. The van der Waals surface area contributed by atoms with E-state index in [0.29, 0.717) is 11.8 Å². The van der Waals surface area contributed by atoms with Crippen molar-refractivity contribution in [2.75, 3.05) is 4.31 Å².